The van der Waals surface area contributed by atoms with Crippen LogP contribution in [0.5, 0.6) is 0 Å². The van der Waals surface area contributed by atoms with E-state index in [1.807, 2.05) is 18.2 Å². The average molecular weight is 189 g/mol. The van der Waals surface area contributed by atoms with Gasteiger partial charge in [-0.3, -0.25) is 4.79 Å². The van der Waals surface area contributed by atoms with Gasteiger partial charge in [-0.05, 0) is 11.6 Å². The van der Waals surface area contributed by atoms with E-state index in [4.69, 9.17) is 4.74 Å². The minimum Gasteiger partial charge on any atom is -0.358 e. The van der Waals surface area contributed by atoms with E-state index in [9.17, 15) is 4.79 Å². The summed E-state index contributed by atoms with van der Waals surface area (Å²) in [6.45, 7) is 1.10. The van der Waals surface area contributed by atoms with Crippen molar-refractivity contribution in [3.05, 3.63) is 29.8 Å². The van der Waals surface area contributed by atoms with Gasteiger partial charge in [0.15, 0.2) is 5.78 Å². The van der Waals surface area contributed by atoms with E-state index in [0.29, 0.717) is 19.8 Å². The highest BCUT2D eigenvalue weighted by Crippen LogP contribution is 2.31. The van der Waals surface area contributed by atoms with Crippen molar-refractivity contribution in [3.63, 3.8) is 0 Å². The highest BCUT2D eigenvalue weighted by atomic mass is 16.5. The molecule has 14 heavy (non-hydrogen) atoms. The zero-order chi connectivity index (χ0) is 9.54. The lowest BCUT2D eigenvalue weighted by molar-refractivity contribution is -0.119. The molecule has 1 unspecified atom stereocenters. The molecule has 0 radical (unpaired) electrons. The lowest BCUT2D eigenvalue weighted by Crippen LogP contribution is -2.42. The van der Waals surface area contributed by atoms with Crippen molar-refractivity contribution in [1.82, 2.24) is 0 Å². The largest absolute Gasteiger partial charge is 0.358 e. The van der Waals surface area contributed by atoms with Crippen molar-refractivity contribution in [2.75, 3.05) is 18.2 Å². The number of carbonyl (C=O) groups excluding carboxylic acids is 1. The third kappa shape index (κ3) is 0.990. The molecule has 0 aromatic heterocycles. The first-order valence-corrected chi connectivity index (χ1v) is 4.81. The molecule has 3 rings (SSSR count). The van der Waals surface area contributed by atoms with Gasteiger partial charge in [0.25, 0.3) is 0 Å². The number of fused-ring (bicyclic) bond motifs is 3. The van der Waals surface area contributed by atoms with E-state index in [2.05, 4.69) is 11.0 Å². The zero-order valence-corrected chi connectivity index (χ0v) is 7.77. The van der Waals surface area contributed by atoms with Crippen LogP contribution in [0.3, 0.4) is 0 Å². The van der Waals surface area contributed by atoms with Crippen molar-refractivity contribution < 1.29 is 9.53 Å². The van der Waals surface area contributed by atoms with Crippen LogP contribution in [0.1, 0.15) is 5.56 Å². The Bertz CT molecular complexity index is 389. The number of nitrogens with zero attached hydrogens (tertiary/aromatic N) is 1. The van der Waals surface area contributed by atoms with Crippen molar-refractivity contribution in [2.45, 2.75) is 12.5 Å². The second-order valence-corrected chi connectivity index (χ2v) is 3.76. The number of Topliss-reactive ketones (excluding diaryl/α,β-unsaturated/α-hetero) is 1. The minimum atomic E-state index is -0.0371. The molecule has 3 nitrogen and oxygen atoms in total. The standard InChI is InChI=1S/C11H11NO2/c13-11-5-8-3-1-2-4-9(8)12-7-14-6-10(11)12/h1-4,10H,5-7H2. The molecule has 0 aliphatic carbocycles. The average Bonchev–Trinajstić information content (AvgIpc) is 2.67. The van der Waals surface area contributed by atoms with Crippen LogP contribution in [0.2, 0.25) is 0 Å². The first kappa shape index (κ1) is 8.00. The smallest absolute Gasteiger partial charge is 0.162 e. The minimum absolute atomic E-state index is 0.0371. The van der Waals surface area contributed by atoms with Gasteiger partial charge >= 0.3 is 0 Å². The number of benzene rings is 1. The van der Waals surface area contributed by atoms with Crippen LogP contribution in [0.25, 0.3) is 0 Å². The Labute approximate surface area is 82.3 Å². The number of ether oxygens (including phenoxy) is 1. The predicted molar refractivity (Wildman–Crippen MR) is 52.2 cm³/mol. The Morgan fingerprint density at radius 3 is 3.14 bits per heavy atom. The summed E-state index contributed by atoms with van der Waals surface area (Å²) < 4.78 is 5.32. The number of rotatable bonds is 0. The fourth-order valence-electron chi connectivity index (χ4n) is 2.19. The molecule has 0 bridgehead atoms. The molecule has 2 aliphatic rings. The van der Waals surface area contributed by atoms with Gasteiger partial charge < -0.3 is 9.64 Å². The van der Waals surface area contributed by atoms with Gasteiger partial charge in [-0.1, -0.05) is 18.2 Å². The molecule has 0 amide bonds. The molecule has 0 saturated carbocycles. The Kier molecular flexibility index (Phi) is 1.61. The molecule has 2 heterocycles. The Hall–Kier alpha value is -1.35. The van der Waals surface area contributed by atoms with E-state index < -0.39 is 0 Å². The van der Waals surface area contributed by atoms with E-state index >= 15 is 0 Å². The number of hydrogen-bond acceptors (Lipinski definition) is 3. The quantitative estimate of drug-likeness (QED) is 0.609. The molecular weight excluding hydrogens is 178 g/mol. The third-order valence-corrected chi connectivity index (χ3v) is 2.92. The summed E-state index contributed by atoms with van der Waals surface area (Å²) >= 11 is 0. The SMILES string of the molecule is O=C1Cc2ccccc2N2COCC12. The van der Waals surface area contributed by atoms with Crippen LogP contribution >= 0.6 is 0 Å². The maximum absolute atomic E-state index is 11.7. The van der Waals surface area contributed by atoms with Crippen LogP contribution in [-0.4, -0.2) is 25.2 Å². The fourth-order valence-corrected chi connectivity index (χ4v) is 2.19. The van der Waals surface area contributed by atoms with Gasteiger partial charge in [-0.15, -0.1) is 0 Å². The third-order valence-electron chi connectivity index (χ3n) is 2.92. The lowest BCUT2D eigenvalue weighted by atomic mass is 9.96. The molecule has 1 aromatic carbocycles. The number of ketones is 1. The molecule has 0 N–H and O–H groups in total. The number of hydrogen-bond donors (Lipinski definition) is 0. The monoisotopic (exact) mass is 189 g/mol. The van der Waals surface area contributed by atoms with E-state index in [1.165, 1.54) is 0 Å². The van der Waals surface area contributed by atoms with E-state index in [-0.39, 0.29) is 11.8 Å². The first-order chi connectivity index (χ1) is 6.86. The molecule has 1 atom stereocenters. The van der Waals surface area contributed by atoms with Crippen molar-refractivity contribution in [2.24, 2.45) is 0 Å². The number of carbonyl (C=O) groups is 1. The normalized spacial score (nSPS) is 24.7. The zero-order valence-electron chi connectivity index (χ0n) is 7.77. The maximum Gasteiger partial charge on any atom is 0.162 e. The molecule has 1 saturated heterocycles. The van der Waals surface area contributed by atoms with Gasteiger partial charge in [-0.2, -0.15) is 0 Å². The summed E-state index contributed by atoms with van der Waals surface area (Å²) in [5.74, 6) is 0.279. The maximum atomic E-state index is 11.7. The lowest BCUT2D eigenvalue weighted by Gasteiger charge is -2.30. The number of para-hydroxylation sites is 1. The Morgan fingerprint density at radius 1 is 1.36 bits per heavy atom. The highest BCUT2D eigenvalue weighted by Gasteiger charge is 2.36. The summed E-state index contributed by atoms with van der Waals surface area (Å²) in [5, 5.41) is 0. The van der Waals surface area contributed by atoms with Crippen LogP contribution in [0.15, 0.2) is 24.3 Å². The van der Waals surface area contributed by atoms with Crippen LogP contribution in [-0.2, 0) is 16.0 Å². The second kappa shape index (κ2) is 2.82. The fraction of sp³-hybridized carbons (Fsp3) is 0.364. The molecular formula is C11H11NO2. The summed E-state index contributed by atoms with van der Waals surface area (Å²) in [5.41, 5.74) is 2.29. The first-order valence-electron chi connectivity index (χ1n) is 4.81. The molecule has 72 valence electrons. The van der Waals surface area contributed by atoms with Crippen molar-refractivity contribution in [3.8, 4) is 0 Å². The predicted octanol–water partition coefficient (Wildman–Crippen LogP) is 0.975. The summed E-state index contributed by atoms with van der Waals surface area (Å²) in [6, 6.07) is 8.02. The summed E-state index contributed by atoms with van der Waals surface area (Å²) in [7, 11) is 0. The van der Waals surface area contributed by atoms with Crippen LogP contribution in [0.4, 0.5) is 5.69 Å². The second-order valence-electron chi connectivity index (χ2n) is 3.76. The van der Waals surface area contributed by atoms with Gasteiger partial charge in [0.2, 0.25) is 0 Å². The van der Waals surface area contributed by atoms with Crippen LogP contribution in [0, 0.1) is 0 Å². The van der Waals surface area contributed by atoms with Gasteiger partial charge in [0.05, 0.1) is 6.61 Å². The summed E-state index contributed by atoms with van der Waals surface area (Å²) in [6.07, 6.45) is 0.556. The van der Waals surface area contributed by atoms with Crippen LogP contribution < -0.4 is 4.90 Å². The van der Waals surface area contributed by atoms with E-state index in [1.54, 1.807) is 0 Å². The van der Waals surface area contributed by atoms with Gasteiger partial charge in [0.1, 0.15) is 12.8 Å². The topological polar surface area (TPSA) is 29.5 Å². The van der Waals surface area contributed by atoms with Gasteiger partial charge in [-0.25, -0.2) is 0 Å². The number of anilines is 1. The van der Waals surface area contributed by atoms with E-state index in [0.717, 1.165) is 11.3 Å². The van der Waals surface area contributed by atoms with Crippen molar-refractivity contribution in [1.29, 1.82) is 0 Å². The molecule has 3 heteroatoms. The molecule has 1 aromatic rings. The van der Waals surface area contributed by atoms with Crippen molar-refractivity contribution >= 4 is 11.5 Å². The summed E-state index contributed by atoms with van der Waals surface area (Å²) in [4.78, 5) is 13.8. The molecule has 1 fully saturated rings. The highest BCUT2D eigenvalue weighted by molar-refractivity contribution is 5.93. The Morgan fingerprint density at radius 2 is 2.21 bits per heavy atom. The molecule has 0 spiro atoms. The Balaban J connectivity index is 2.11. The molecule has 2 aliphatic heterocycles. The van der Waals surface area contributed by atoms with Gasteiger partial charge in [0, 0.05) is 12.1 Å².